The summed E-state index contributed by atoms with van der Waals surface area (Å²) < 4.78 is 2.12. The number of rotatable bonds is 7. The molecular weight excluding hydrogens is 364 g/mol. The summed E-state index contributed by atoms with van der Waals surface area (Å²) in [5.74, 6) is 2.08. The Hall–Kier alpha value is -3.22. The molecule has 1 aromatic carbocycles. The molecule has 1 aliphatic carbocycles. The van der Waals surface area contributed by atoms with Crippen molar-refractivity contribution >= 4 is 11.9 Å². The minimum atomic E-state index is 0.302. The number of benzene rings is 1. The van der Waals surface area contributed by atoms with Crippen molar-refractivity contribution in [3.8, 4) is 11.4 Å². The minimum absolute atomic E-state index is 0.302. The molecule has 1 aliphatic heterocycles. The van der Waals surface area contributed by atoms with E-state index in [9.17, 15) is 4.79 Å². The standard InChI is InChI=1S/C22H24N6O/c29-20-10-17(15-28(20)19-6-7-19)14-27-9-8-23-21(27)18-12-25-22(26-13-18)24-11-16-4-2-1-3-5-16/h1-5,8-9,12-13,17,19H,6-7,10-11,14-15H2,(H,24,25,26). The lowest BCUT2D eigenvalue weighted by Crippen LogP contribution is -2.27. The monoisotopic (exact) mass is 388 g/mol. The Labute approximate surface area is 169 Å². The van der Waals surface area contributed by atoms with E-state index in [-0.39, 0.29) is 0 Å². The highest BCUT2D eigenvalue weighted by Gasteiger charge is 2.39. The van der Waals surface area contributed by atoms with Crippen molar-refractivity contribution in [3.05, 3.63) is 60.7 Å². The molecule has 7 heteroatoms. The molecule has 0 spiro atoms. The average molecular weight is 388 g/mol. The van der Waals surface area contributed by atoms with Crippen LogP contribution < -0.4 is 5.32 Å². The number of aromatic nitrogens is 4. The van der Waals surface area contributed by atoms with Gasteiger partial charge in [0, 0.05) is 62.8 Å². The molecule has 3 heterocycles. The van der Waals surface area contributed by atoms with Crippen molar-refractivity contribution in [2.45, 2.75) is 38.4 Å². The summed E-state index contributed by atoms with van der Waals surface area (Å²) in [5, 5.41) is 3.24. The highest BCUT2D eigenvalue weighted by Crippen LogP contribution is 2.33. The van der Waals surface area contributed by atoms with Gasteiger partial charge in [-0.25, -0.2) is 15.0 Å². The second kappa shape index (κ2) is 7.66. The zero-order valence-corrected chi connectivity index (χ0v) is 16.2. The Morgan fingerprint density at radius 3 is 2.62 bits per heavy atom. The van der Waals surface area contributed by atoms with Crippen LogP contribution in [0.4, 0.5) is 5.95 Å². The van der Waals surface area contributed by atoms with Crippen molar-refractivity contribution in [2.75, 3.05) is 11.9 Å². The maximum atomic E-state index is 12.2. The number of amides is 1. The number of hydrogen-bond donors (Lipinski definition) is 1. The molecule has 5 rings (SSSR count). The molecule has 1 amide bonds. The van der Waals surface area contributed by atoms with Crippen LogP contribution in [0.1, 0.15) is 24.8 Å². The van der Waals surface area contributed by atoms with Gasteiger partial charge in [0.25, 0.3) is 0 Å². The molecule has 148 valence electrons. The van der Waals surface area contributed by atoms with E-state index in [0.717, 1.165) is 37.3 Å². The molecular formula is C22H24N6O. The molecule has 1 saturated carbocycles. The second-order valence-electron chi connectivity index (χ2n) is 7.89. The molecule has 2 aromatic heterocycles. The normalized spacial score (nSPS) is 19.0. The van der Waals surface area contributed by atoms with Gasteiger partial charge >= 0.3 is 0 Å². The fourth-order valence-electron chi connectivity index (χ4n) is 3.98. The quantitative estimate of drug-likeness (QED) is 0.673. The number of hydrogen-bond acceptors (Lipinski definition) is 5. The number of anilines is 1. The maximum Gasteiger partial charge on any atom is 0.223 e. The fourth-order valence-corrected chi connectivity index (χ4v) is 3.98. The van der Waals surface area contributed by atoms with Crippen LogP contribution in [-0.2, 0) is 17.9 Å². The summed E-state index contributed by atoms with van der Waals surface area (Å²) in [7, 11) is 0. The van der Waals surface area contributed by atoms with Gasteiger partial charge in [-0.3, -0.25) is 4.79 Å². The lowest BCUT2D eigenvalue weighted by atomic mass is 10.1. The first-order valence-corrected chi connectivity index (χ1v) is 10.2. The van der Waals surface area contributed by atoms with E-state index in [1.54, 1.807) is 18.6 Å². The van der Waals surface area contributed by atoms with Crippen molar-refractivity contribution in [1.82, 2.24) is 24.4 Å². The van der Waals surface area contributed by atoms with E-state index < -0.39 is 0 Å². The van der Waals surface area contributed by atoms with Crippen molar-refractivity contribution < 1.29 is 4.79 Å². The third kappa shape index (κ3) is 3.99. The lowest BCUT2D eigenvalue weighted by molar-refractivity contribution is -0.128. The second-order valence-corrected chi connectivity index (χ2v) is 7.89. The SMILES string of the molecule is O=C1CC(Cn2ccnc2-c2cnc(NCc3ccccc3)nc2)CN1C1CC1. The van der Waals surface area contributed by atoms with Gasteiger partial charge in [0.15, 0.2) is 0 Å². The molecule has 2 fully saturated rings. The van der Waals surface area contributed by atoms with Gasteiger partial charge in [-0.05, 0) is 18.4 Å². The Kier molecular flexibility index (Phi) is 4.71. The predicted molar refractivity (Wildman–Crippen MR) is 110 cm³/mol. The Balaban J connectivity index is 1.24. The molecule has 1 saturated heterocycles. The zero-order valence-electron chi connectivity index (χ0n) is 16.2. The molecule has 0 radical (unpaired) electrons. The van der Waals surface area contributed by atoms with Gasteiger partial charge < -0.3 is 14.8 Å². The topological polar surface area (TPSA) is 75.9 Å². The zero-order chi connectivity index (χ0) is 19.6. The van der Waals surface area contributed by atoms with E-state index in [2.05, 4.69) is 41.9 Å². The van der Waals surface area contributed by atoms with E-state index in [0.29, 0.717) is 36.8 Å². The van der Waals surface area contributed by atoms with Crippen LogP contribution in [0.25, 0.3) is 11.4 Å². The molecule has 0 bridgehead atoms. The molecule has 1 N–H and O–H groups in total. The van der Waals surface area contributed by atoms with Crippen LogP contribution in [0.2, 0.25) is 0 Å². The van der Waals surface area contributed by atoms with Gasteiger partial charge in [-0.2, -0.15) is 0 Å². The maximum absolute atomic E-state index is 12.2. The van der Waals surface area contributed by atoms with Crippen LogP contribution in [0.5, 0.6) is 0 Å². The van der Waals surface area contributed by atoms with Crippen molar-refractivity contribution in [3.63, 3.8) is 0 Å². The van der Waals surface area contributed by atoms with Gasteiger partial charge in [0.1, 0.15) is 5.82 Å². The number of nitrogens with zero attached hydrogens (tertiary/aromatic N) is 5. The highest BCUT2D eigenvalue weighted by molar-refractivity contribution is 5.79. The first-order chi connectivity index (χ1) is 14.3. The number of carbonyl (C=O) groups is 1. The highest BCUT2D eigenvalue weighted by atomic mass is 16.2. The van der Waals surface area contributed by atoms with Gasteiger partial charge in [-0.15, -0.1) is 0 Å². The minimum Gasteiger partial charge on any atom is -0.350 e. The molecule has 3 aromatic rings. The van der Waals surface area contributed by atoms with E-state index in [1.165, 1.54) is 5.56 Å². The predicted octanol–water partition coefficient (Wildman–Crippen LogP) is 2.96. The van der Waals surface area contributed by atoms with Crippen LogP contribution >= 0.6 is 0 Å². The molecule has 7 nitrogen and oxygen atoms in total. The molecule has 2 aliphatic rings. The number of likely N-dealkylation sites (tertiary alicyclic amines) is 1. The summed E-state index contributed by atoms with van der Waals surface area (Å²) in [4.78, 5) is 27.7. The Morgan fingerprint density at radius 2 is 1.86 bits per heavy atom. The van der Waals surface area contributed by atoms with Gasteiger partial charge in [0.2, 0.25) is 11.9 Å². The lowest BCUT2D eigenvalue weighted by Gasteiger charge is -2.16. The molecule has 29 heavy (non-hydrogen) atoms. The first kappa shape index (κ1) is 17.8. The average Bonchev–Trinajstić information content (AvgIpc) is 3.38. The Morgan fingerprint density at radius 1 is 1.07 bits per heavy atom. The van der Waals surface area contributed by atoms with Gasteiger partial charge in [-0.1, -0.05) is 30.3 Å². The van der Waals surface area contributed by atoms with Crippen LogP contribution in [0, 0.1) is 5.92 Å². The van der Waals surface area contributed by atoms with Crippen LogP contribution in [-0.4, -0.2) is 42.9 Å². The summed E-state index contributed by atoms with van der Waals surface area (Å²) >= 11 is 0. The van der Waals surface area contributed by atoms with E-state index in [4.69, 9.17) is 0 Å². The van der Waals surface area contributed by atoms with Gasteiger partial charge in [0.05, 0.1) is 5.56 Å². The third-order valence-corrected chi connectivity index (χ3v) is 5.60. The molecule has 1 atom stereocenters. The fraction of sp³-hybridized carbons (Fsp3) is 0.364. The Bertz CT molecular complexity index is 980. The smallest absolute Gasteiger partial charge is 0.223 e. The van der Waals surface area contributed by atoms with E-state index in [1.807, 2.05) is 24.4 Å². The van der Waals surface area contributed by atoms with Crippen LogP contribution in [0.15, 0.2) is 55.1 Å². The number of imidazole rings is 1. The summed E-state index contributed by atoms with van der Waals surface area (Å²) in [6.45, 7) is 2.33. The number of nitrogens with one attached hydrogen (secondary N) is 1. The largest absolute Gasteiger partial charge is 0.350 e. The van der Waals surface area contributed by atoms with Crippen LogP contribution in [0.3, 0.4) is 0 Å². The first-order valence-electron chi connectivity index (χ1n) is 10.2. The summed E-state index contributed by atoms with van der Waals surface area (Å²) in [6.07, 6.45) is 10.3. The third-order valence-electron chi connectivity index (χ3n) is 5.60. The van der Waals surface area contributed by atoms with E-state index >= 15 is 0 Å². The number of carbonyl (C=O) groups excluding carboxylic acids is 1. The van der Waals surface area contributed by atoms with Crippen molar-refractivity contribution in [1.29, 1.82) is 0 Å². The summed E-state index contributed by atoms with van der Waals surface area (Å²) in [6, 6.07) is 10.7. The molecule has 1 unspecified atom stereocenters. The van der Waals surface area contributed by atoms with Crippen molar-refractivity contribution in [2.24, 2.45) is 5.92 Å². The summed E-state index contributed by atoms with van der Waals surface area (Å²) in [5.41, 5.74) is 2.06.